The standard InChI is InChI=1S/C15H19N3O/c16-13-3-1-2-12-14(4-7-17-15(12)13)18-8-5-11(10-19)6-9-18/h1-4,7,11,19H,5-6,8-10,16H2. The lowest BCUT2D eigenvalue weighted by Crippen LogP contribution is -2.34. The van der Waals surface area contributed by atoms with E-state index in [1.807, 2.05) is 18.3 Å². The summed E-state index contributed by atoms with van der Waals surface area (Å²) in [5.41, 5.74) is 8.79. The van der Waals surface area contributed by atoms with Crippen LogP contribution in [0.1, 0.15) is 12.8 Å². The Morgan fingerprint density at radius 3 is 2.79 bits per heavy atom. The minimum absolute atomic E-state index is 0.303. The Morgan fingerprint density at radius 1 is 1.26 bits per heavy atom. The van der Waals surface area contributed by atoms with Gasteiger partial charge in [-0.2, -0.15) is 0 Å². The third-order valence-electron chi connectivity index (χ3n) is 3.99. The first kappa shape index (κ1) is 12.2. The second-order valence-corrected chi connectivity index (χ2v) is 5.19. The number of piperidine rings is 1. The highest BCUT2D eigenvalue weighted by Gasteiger charge is 2.20. The zero-order chi connectivity index (χ0) is 13.2. The number of benzene rings is 1. The van der Waals surface area contributed by atoms with Crippen molar-refractivity contribution < 1.29 is 5.11 Å². The molecule has 0 unspecified atom stereocenters. The van der Waals surface area contributed by atoms with Crippen LogP contribution in [0.3, 0.4) is 0 Å². The van der Waals surface area contributed by atoms with Gasteiger partial charge in [0.05, 0.1) is 11.2 Å². The van der Waals surface area contributed by atoms with E-state index in [0.29, 0.717) is 12.5 Å². The fourth-order valence-electron chi connectivity index (χ4n) is 2.82. The summed E-state index contributed by atoms with van der Waals surface area (Å²) < 4.78 is 0. The largest absolute Gasteiger partial charge is 0.397 e. The summed E-state index contributed by atoms with van der Waals surface area (Å²) in [6.07, 6.45) is 3.91. The number of anilines is 2. The van der Waals surface area contributed by atoms with Gasteiger partial charge >= 0.3 is 0 Å². The van der Waals surface area contributed by atoms with Crippen LogP contribution in [0, 0.1) is 5.92 Å². The van der Waals surface area contributed by atoms with E-state index in [-0.39, 0.29) is 0 Å². The molecule has 0 aliphatic carbocycles. The number of pyridine rings is 1. The number of rotatable bonds is 2. The van der Waals surface area contributed by atoms with E-state index in [0.717, 1.165) is 42.5 Å². The van der Waals surface area contributed by atoms with Crippen molar-refractivity contribution in [2.45, 2.75) is 12.8 Å². The number of nitrogens with two attached hydrogens (primary N) is 1. The smallest absolute Gasteiger partial charge is 0.0951 e. The first-order chi connectivity index (χ1) is 9.29. The quantitative estimate of drug-likeness (QED) is 0.808. The van der Waals surface area contributed by atoms with Crippen molar-refractivity contribution in [1.29, 1.82) is 0 Å². The van der Waals surface area contributed by atoms with Crippen molar-refractivity contribution in [3.8, 4) is 0 Å². The zero-order valence-electron chi connectivity index (χ0n) is 10.9. The maximum Gasteiger partial charge on any atom is 0.0951 e. The lowest BCUT2D eigenvalue weighted by atomic mass is 9.97. The number of nitrogens with zero attached hydrogens (tertiary/aromatic N) is 2. The van der Waals surface area contributed by atoms with Gasteiger partial charge in [-0.3, -0.25) is 4.98 Å². The number of nitrogen functional groups attached to an aromatic ring is 1. The second-order valence-electron chi connectivity index (χ2n) is 5.19. The number of aliphatic hydroxyl groups excluding tert-OH is 1. The predicted molar refractivity (Wildman–Crippen MR) is 78.2 cm³/mol. The molecule has 1 saturated heterocycles. The molecule has 0 saturated carbocycles. The first-order valence-electron chi connectivity index (χ1n) is 6.78. The van der Waals surface area contributed by atoms with Crippen LogP contribution in [-0.2, 0) is 0 Å². The highest BCUT2D eigenvalue weighted by molar-refractivity contribution is 5.98. The molecule has 100 valence electrons. The average molecular weight is 257 g/mol. The summed E-state index contributed by atoms with van der Waals surface area (Å²) in [5.74, 6) is 0.453. The van der Waals surface area contributed by atoms with E-state index in [2.05, 4.69) is 22.0 Å². The molecule has 1 aliphatic rings. The van der Waals surface area contributed by atoms with Crippen molar-refractivity contribution in [2.24, 2.45) is 5.92 Å². The number of para-hydroxylation sites is 1. The molecule has 0 amide bonds. The molecule has 4 heteroatoms. The summed E-state index contributed by atoms with van der Waals surface area (Å²) in [7, 11) is 0. The molecule has 1 aromatic heterocycles. The van der Waals surface area contributed by atoms with E-state index in [9.17, 15) is 5.11 Å². The van der Waals surface area contributed by atoms with Gasteiger partial charge in [0.2, 0.25) is 0 Å². The molecule has 0 atom stereocenters. The molecule has 1 aliphatic heterocycles. The van der Waals surface area contributed by atoms with Crippen molar-refractivity contribution in [3.63, 3.8) is 0 Å². The Balaban J connectivity index is 1.95. The topological polar surface area (TPSA) is 62.4 Å². The van der Waals surface area contributed by atoms with Gasteiger partial charge in [0.25, 0.3) is 0 Å². The van der Waals surface area contributed by atoms with Crippen molar-refractivity contribution in [2.75, 3.05) is 30.3 Å². The van der Waals surface area contributed by atoms with Crippen molar-refractivity contribution >= 4 is 22.3 Å². The third-order valence-corrected chi connectivity index (χ3v) is 3.99. The Hall–Kier alpha value is -1.81. The first-order valence-corrected chi connectivity index (χ1v) is 6.78. The molecular weight excluding hydrogens is 238 g/mol. The molecular formula is C15H19N3O. The fourth-order valence-corrected chi connectivity index (χ4v) is 2.82. The van der Waals surface area contributed by atoms with Crippen LogP contribution >= 0.6 is 0 Å². The van der Waals surface area contributed by atoms with Crippen molar-refractivity contribution in [1.82, 2.24) is 4.98 Å². The number of fused-ring (bicyclic) bond motifs is 1. The number of aromatic nitrogens is 1. The molecule has 3 N–H and O–H groups in total. The highest BCUT2D eigenvalue weighted by atomic mass is 16.3. The maximum atomic E-state index is 9.21. The summed E-state index contributed by atoms with van der Waals surface area (Å²) in [4.78, 5) is 6.75. The molecule has 4 nitrogen and oxygen atoms in total. The molecule has 1 aromatic carbocycles. The van der Waals surface area contributed by atoms with Crippen LogP contribution in [0.5, 0.6) is 0 Å². The highest BCUT2D eigenvalue weighted by Crippen LogP contribution is 2.31. The van der Waals surface area contributed by atoms with Gasteiger partial charge in [-0.1, -0.05) is 12.1 Å². The number of hydrogen-bond donors (Lipinski definition) is 2. The molecule has 0 bridgehead atoms. The van der Waals surface area contributed by atoms with Gasteiger partial charge in [-0.15, -0.1) is 0 Å². The van der Waals surface area contributed by atoms with Gasteiger partial charge < -0.3 is 15.7 Å². The SMILES string of the molecule is Nc1cccc2c(N3CCC(CO)CC3)ccnc12. The third kappa shape index (κ3) is 2.24. The Kier molecular flexibility index (Phi) is 3.25. The molecule has 2 aromatic rings. The lowest BCUT2D eigenvalue weighted by molar-refractivity contribution is 0.203. The van der Waals surface area contributed by atoms with Gasteiger partial charge in [0.15, 0.2) is 0 Å². The van der Waals surface area contributed by atoms with Crippen LogP contribution < -0.4 is 10.6 Å². The van der Waals surface area contributed by atoms with E-state index >= 15 is 0 Å². The average Bonchev–Trinajstić information content (AvgIpc) is 2.47. The Labute approximate surface area is 112 Å². The second kappa shape index (κ2) is 5.05. The van der Waals surface area contributed by atoms with Gasteiger partial charge in [-0.25, -0.2) is 0 Å². The molecule has 3 rings (SSSR count). The molecule has 0 radical (unpaired) electrons. The van der Waals surface area contributed by atoms with E-state index in [4.69, 9.17) is 5.73 Å². The van der Waals surface area contributed by atoms with Crippen LogP contribution in [-0.4, -0.2) is 29.8 Å². The minimum Gasteiger partial charge on any atom is -0.397 e. The molecule has 19 heavy (non-hydrogen) atoms. The number of hydrogen-bond acceptors (Lipinski definition) is 4. The number of aliphatic hydroxyl groups is 1. The molecule has 1 fully saturated rings. The van der Waals surface area contributed by atoms with Crippen molar-refractivity contribution in [3.05, 3.63) is 30.5 Å². The van der Waals surface area contributed by atoms with Crippen LogP contribution in [0.15, 0.2) is 30.5 Å². The van der Waals surface area contributed by atoms with Gasteiger partial charge in [-0.05, 0) is 30.9 Å². The maximum absolute atomic E-state index is 9.21. The minimum atomic E-state index is 0.303. The predicted octanol–water partition coefficient (Wildman–Crippen LogP) is 2.03. The van der Waals surface area contributed by atoms with E-state index < -0.39 is 0 Å². The molecule has 2 heterocycles. The van der Waals surface area contributed by atoms with Crippen LogP contribution in [0.4, 0.5) is 11.4 Å². The van der Waals surface area contributed by atoms with Gasteiger partial charge in [0, 0.05) is 37.0 Å². The fraction of sp³-hybridized carbons (Fsp3) is 0.400. The summed E-state index contributed by atoms with van der Waals surface area (Å²) in [6.45, 7) is 2.27. The Morgan fingerprint density at radius 2 is 2.05 bits per heavy atom. The zero-order valence-corrected chi connectivity index (χ0v) is 10.9. The summed E-state index contributed by atoms with van der Waals surface area (Å²) in [5, 5.41) is 10.3. The van der Waals surface area contributed by atoms with E-state index in [1.165, 1.54) is 5.69 Å². The monoisotopic (exact) mass is 257 g/mol. The van der Waals surface area contributed by atoms with Crippen LogP contribution in [0.25, 0.3) is 10.9 Å². The lowest BCUT2D eigenvalue weighted by Gasteiger charge is -2.33. The Bertz CT molecular complexity index is 577. The normalized spacial score (nSPS) is 17.0. The molecule has 0 spiro atoms. The van der Waals surface area contributed by atoms with Crippen LogP contribution in [0.2, 0.25) is 0 Å². The summed E-state index contributed by atoms with van der Waals surface area (Å²) in [6, 6.07) is 7.99. The summed E-state index contributed by atoms with van der Waals surface area (Å²) >= 11 is 0. The van der Waals surface area contributed by atoms with Gasteiger partial charge in [0.1, 0.15) is 0 Å². The van der Waals surface area contributed by atoms with E-state index in [1.54, 1.807) is 0 Å².